The zero-order valence-corrected chi connectivity index (χ0v) is 14.6. The largest absolute Gasteiger partial charge is 0.314 e. The molecule has 2 unspecified atom stereocenters. The van der Waals surface area contributed by atoms with Gasteiger partial charge in [0, 0.05) is 6.04 Å². The van der Waals surface area contributed by atoms with Gasteiger partial charge < -0.3 is 5.32 Å². The van der Waals surface area contributed by atoms with Crippen LogP contribution in [0.2, 0.25) is 0 Å². The average Bonchev–Trinajstić information content (AvgIpc) is 2.49. The third-order valence-electron chi connectivity index (χ3n) is 4.39. The van der Waals surface area contributed by atoms with Gasteiger partial charge in [-0.25, -0.2) is 0 Å². The monoisotopic (exact) mass is 289 g/mol. The smallest absolute Gasteiger partial charge is 0.00104 e. The Balaban J connectivity index is 2.57. The molecular weight excluding hydrogens is 254 g/mol. The molecule has 1 aromatic carbocycles. The highest BCUT2D eigenvalue weighted by atomic mass is 14.9. The number of hydrogen-bond acceptors (Lipinski definition) is 1. The second kappa shape index (κ2) is 10.8. The lowest BCUT2D eigenvalue weighted by Gasteiger charge is -2.24. The number of rotatable bonds is 11. The summed E-state index contributed by atoms with van der Waals surface area (Å²) >= 11 is 0. The SMILES string of the molecule is CCCCC(CC)CC(CNC(C)C)Cc1ccccc1. The Morgan fingerprint density at radius 1 is 1.00 bits per heavy atom. The van der Waals surface area contributed by atoms with E-state index in [4.69, 9.17) is 0 Å². The first kappa shape index (κ1) is 18.2. The summed E-state index contributed by atoms with van der Waals surface area (Å²) in [4.78, 5) is 0. The maximum Gasteiger partial charge on any atom is 0.00104 e. The minimum Gasteiger partial charge on any atom is -0.314 e. The van der Waals surface area contributed by atoms with E-state index in [1.165, 1.54) is 44.1 Å². The lowest BCUT2D eigenvalue weighted by Crippen LogP contribution is -2.31. The van der Waals surface area contributed by atoms with Crippen molar-refractivity contribution in [3.05, 3.63) is 35.9 Å². The van der Waals surface area contributed by atoms with Crippen molar-refractivity contribution in [2.75, 3.05) is 6.54 Å². The first-order chi connectivity index (χ1) is 10.2. The summed E-state index contributed by atoms with van der Waals surface area (Å²) in [6.45, 7) is 10.3. The van der Waals surface area contributed by atoms with Crippen LogP contribution >= 0.6 is 0 Å². The van der Waals surface area contributed by atoms with Crippen molar-refractivity contribution in [3.63, 3.8) is 0 Å². The number of unbranched alkanes of at least 4 members (excludes halogenated alkanes) is 1. The highest BCUT2D eigenvalue weighted by Gasteiger charge is 2.16. The van der Waals surface area contributed by atoms with Crippen LogP contribution in [0.3, 0.4) is 0 Å². The molecule has 0 heterocycles. The average molecular weight is 290 g/mol. The summed E-state index contributed by atoms with van der Waals surface area (Å²) in [5.74, 6) is 1.66. The van der Waals surface area contributed by atoms with E-state index < -0.39 is 0 Å². The molecule has 21 heavy (non-hydrogen) atoms. The minimum absolute atomic E-state index is 0.582. The summed E-state index contributed by atoms with van der Waals surface area (Å²) in [5.41, 5.74) is 1.48. The molecule has 0 fully saturated rings. The predicted octanol–water partition coefficient (Wildman–Crippen LogP) is 5.45. The molecular formula is C20H35N. The zero-order chi connectivity index (χ0) is 15.5. The molecule has 2 atom stereocenters. The Hall–Kier alpha value is -0.820. The fraction of sp³-hybridized carbons (Fsp3) is 0.700. The van der Waals surface area contributed by atoms with Gasteiger partial charge in [0.1, 0.15) is 0 Å². The van der Waals surface area contributed by atoms with Crippen LogP contribution in [0.5, 0.6) is 0 Å². The number of benzene rings is 1. The van der Waals surface area contributed by atoms with Gasteiger partial charge in [-0.3, -0.25) is 0 Å². The zero-order valence-electron chi connectivity index (χ0n) is 14.6. The van der Waals surface area contributed by atoms with Crippen molar-refractivity contribution in [1.82, 2.24) is 5.32 Å². The second-order valence-electron chi connectivity index (χ2n) is 6.77. The second-order valence-corrected chi connectivity index (χ2v) is 6.77. The molecule has 0 aromatic heterocycles. The van der Waals surface area contributed by atoms with Gasteiger partial charge in [-0.2, -0.15) is 0 Å². The lowest BCUT2D eigenvalue weighted by molar-refractivity contribution is 0.319. The number of nitrogens with one attached hydrogen (secondary N) is 1. The molecule has 0 aliphatic heterocycles. The van der Waals surface area contributed by atoms with Crippen LogP contribution in [0.4, 0.5) is 0 Å². The van der Waals surface area contributed by atoms with E-state index in [0.29, 0.717) is 6.04 Å². The highest BCUT2D eigenvalue weighted by molar-refractivity contribution is 5.15. The van der Waals surface area contributed by atoms with E-state index in [1.54, 1.807) is 0 Å². The van der Waals surface area contributed by atoms with Crippen LogP contribution in [0.1, 0.15) is 65.4 Å². The quantitative estimate of drug-likeness (QED) is 0.571. The molecule has 0 saturated heterocycles. The van der Waals surface area contributed by atoms with Gasteiger partial charge in [0.2, 0.25) is 0 Å². The Morgan fingerprint density at radius 3 is 2.29 bits per heavy atom. The molecule has 1 heteroatoms. The van der Waals surface area contributed by atoms with Crippen LogP contribution in [-0.2, 0) is 6.42 Å². The lowest BCUT2D eigenvalue weighted by atomic mass is 9.85. The maximum atomic E-state index is 3.65. The van der Waals surface area contributed by atoms with Crippen molar-refractivity contribution in [2.45, 2.75) is 72.3 Å². The molecule has 1 nitrogen and oxygen atoms in total. The topological polar surface area (TPSA) is 12.0 Å². The third kappa shape index (κ3) is 8.26. The third-order valence-corrected chi connectivity index (χ3v) is 4.39. The minimum atomic E-state index is 0.582. The fourth-order valence-electron chi connectivity index (χ4n) is 3.04. The van der Waals surface area contributed by atoms with E-state index in [1.807, 2.05) is 0 Å². The normalized spacial score (nSPS) is 14.3. The number of hydrogen-bond donors (Lipinski definition) is 1. The summed E-state index contributed by atoms with van der Waals surface area (Å²) in [6, 6.07) is 11.6. The van der Waals surface area contributed by atoms with Gasteiger partial charge in [0.05, 0.1) is 0 Å². The van der Waals surface area contributed by atoms with E-state index in [2.05, 4.69) is 63.3 Å². The van der Waals surface area contributed by atoms with Crippen LogP contribution < -0.4 is 5.32 Å². The first-order valence-corrected chi connectivity index (χ1v) is 8.92. The Morgan fingerprint density at radius 2 is 1.71 bits per heavy atom. The Bertz CT molecular complexity index is 344. The van der Waals surface area contributed by atoms with Crippen molar-refractivity contribution < 1.29 is 0 Å². The van der Waals surface area contributed by atoms with Crippen molar-refractivity contribution in [3.8, 4) is 0 Å². The van der Waals surface area contributed by atoms with Crippen molar-refractivity contribution in [2.24, 2.45) is 11.8 Å². The van der Waals surface area contributed by atoms with Crippen molar-refractivity contribution >= 4 is 0 Å². The van der Waals surface area contributed by atoms with E-state index in [9.17, 15) is 0 Å². The highest BCUT2D eigenvalue weighted by Crippen LogP contribution is 2.24. The molecule has 120 valence electrons. The molecule has 0 spiro atoms. The van der Waals surface area contributed by atoms with Gasteiger partial charge in [-0.05, 0) is 36.8 Å². The van der Waals surface area contributed by atoms with Crippen LogP contribution in [0.15, 0.2) is 30.3 Å². The van der Waals surface area contributed by atoms with Gasteiger partial charge >= 0.3 is 0 Å². The maximum absolute atomic E-state index is 3.65. The molecule has 0 aliphatic rings. The molecule has 0 radical (unpaired) electrons. The van der Waals surface area contributed by atoms with Gasteiger partial charge in [0.15, 0.2) is 0 Å². The van der Waals surface area contributed by atoms with Crippen molar-refractivity contribution in [1.29, 1.82) is 0 Å². The molecule has 1 rings (SSSR count). The molecule has 1 N–H and O–H groups in total. The van der Waals surface area contributed by atoms with E-state index in [0.717, 1.165) is 18.4 Å². The predicted molar refractivity (Wildman–Crippen MR) is 94.7 cm³/mol. The Kier molecular flexibility index (Phi) is 9.41. The Labute approximate surface area is 132 Å². The van der Waals surface area contributed by atoms with Crippen LogP contribution in [0.25, 0.3) is 0 Å². The van der Waals surface area contributed by atoms with Gasteiger partial charge in [-0.1, -0.05) is 83.7 Å². The van der Waals surface area contributed by atoms with E-state index >= 15 is 0 Å². The molecule has 0 bridgehead atoms. The molecule has 0 saturated carbocycles. The first-order valence-electron chi connectivity index (χ1n) is 8.92. The van der Waals surface area contributed by atoms with Gasteiger partial charge in [-0.15, -0.1) is 0 Å². The molecule has 0 amide bonds. The fourth-order valence-corrected chi connectivity index (χ4v) is 3.04. The van der Waals surface area contributed by atoms with Gasteiger partial charge in [0.25, 0.3) is 0 Å². The van der Waals surface area contributed by atoms with Crippen LogP contribution in [-0.4, -0.2) is 12.6 Å². The summed E-state index contributed by atoms with van der Waals surface area (Å²) < 4.78 is 0. The summed E-state index contributed by atoms with van der Waals surface area (Å²) in [6.07, 6.45) is 8.01. The summed E-state index contributed by atoms with van der Waals surface area (Å²) in [5, 5.41) is 3.65. The van der Waals surface area contributed by atoms with Crippen LogP contribution in [0, 0.1) is 11.8 Å². The van der Waals surface area contributed by atoms with E-state index in [-0.39, 0.29) is 0 Å². The molecule has 0 aliphatic carbocycles. The standard InChI is InChI=1S/C20H35N/c1-5-7-11-18(6-2)14-20(16-21-17(3)4)15-19-12-9-8-10-13-19/h8-10,12-13,17-18,20-21H,5-7,11,14-16H2,1-4H3. The molecule has 1 aromatic rings. The summed E-state index contributed by atoms with van der Waals surface area (Å²) in [7, 11) is 0.